The number of benzene rings is 1. The molecule has 0 aliphatic carbocycles. The van der Waals surface area contributed by atoms with Crippen LogP contribution >= 0.6 is 0 Å². The molecule has 0 radical (unpaired) electrons. The molecule has 0 nitrogen and oxygen atoms in total. The standard InChI is InChI=1S/C11H12F4/c1-3-4-8-6-10(12)9(5-7(8)2)11(13,14)15/h5-6H,3-4H2,1-2H3. The minimum Gasteiger partial charge on any atom is -0.206 e. The molecule has 84 valence electrons. The van der Waals surface area contributed by atoms with E-state index in [-0.39, 0.29) is 0 Å². The van der Waals surface area contributed by atoms with Gasteiger partial charge in [-0.05, 0) is 36.6 Å². The van der Waals surface area contributed by atoms with Gasteiger partial charge >= 0.3 is 6.18 Å². The first-order chi connectivity index (χ1) is 6.86. The average molecular weight is 220 g/mol. The van der Waals surface area contributed by atoms with Gasteiger partial charge in [-0.1, -0.05) is 13.3 Å². The number of hydrogen-bond acceptors (Lipinski definition) is 0. The van der Waals surface area contributed by atoms with Crippen LogP contribution in [0.1, 0.15) is 30.0 Å². The van der Waals surface area contributed by atoms with Crippen LogP contribution in [0, 0.1) is 12.7 Å². The maximum atomic E-state index is 13.1. The monoisotopic (exact) mass is 220 g/mol. The van der Waals surface area contributed by atoms with Gasteiger partial charge in [0.1, 0.15) is 5.82 Å². The van der Waals surface area contributed by atoms with E-state index in [0.717, 1.165) is 18.6 Å². The highest BCUT2D eigenvalue weighted by Crippen LogP contribution is 2.33. The zero-order valence-corrected chi connectivity index (χ0v) is 8.58. The maximum Gasteiger partial charge on any atom is 0.419 e. The van der Waals surface area contributed by atoms with E-state index >= 15 is 0 Å². The van der Waals surface area contributed by atoms with Gasteiger partial charge in [0.05, 0.1) is 5.56 Å². The number of halogens is 4. The second-order valence-electron chi connectivity index (χ2n) is 3.51. The molecule has 1 rings (SSSR count). The molecule has 0 amide bonds. The highest BCUT2D eigenvalue weighted by atomic mass is 19.4. The van der Waals surface area contributed by atoms with Gasteiger partial charge in [0.15, 0.2) is 0 Å². The molecule has 0 saturated carbocycles. The molecule has 0 spiro atoms. The molecule has 15 heavy (non-hydrogen) atoms. The molecule has 1 aromatic carbocycles. The molecule has 1 aromatic rings. The predicted octanol–water partition coefficient (Wildman–Crippen LogP) is 4.11. The summed E-state index contributed by atoms with van der Waals surface area (Å²) in [7, 11) is 0. The van der Waals surface area contributed by atoms with Crippen molar-refractivity contribution < 1.29 is 17.6 Å². The summed E-state index contributed by atoms with van der Waals surface area (Å²) in [5.74, 6) is -1.18. The topological polar surface area (TPSA) is 0 Å². The van der Waals surface area contributed by atoms with E-state index in [1.807, 2.05) is 6.92 Å². The van der Waals surface area contributed by atoms with E-state index in [9.17, 15) is 17.6 Å². The number of aryl methyl sites for hydroxylation is 2. The first-order valence-corrected chi connectivity index (χ1v) is 4.72. The van der Waals surface area contributed by atoms with Crippen molar-refractivity contribution in [1.82, 2.24) is 0 Å². The Morgan fingerprint density at radius 1 is 1.20 bits per heavy atom. The van der Waals surface area contributed by atoms with Gasteiger partial charge in [0, 0.05) is 0 Å². The third-order valence-corrected chi connectivity index (χ3v) is 2.25. The van der Waals surface area contributed by atoms with Crippen molar-refractivity contribution in [2.45, 2.75) is 32.9 Å². The Hall–Kier alpha value is -1.06. The fourth-order valence-corrected chi connectivity index (χ4v) is 1.48. The van der Waals surface area contributed by atoms with Gasteiger partial charge in [-0.3, -0.25) is 0 Å². The molecular formula is C11H12F4. The van der Waals surface area contributed by atoms with E-state index in [0.29, 0.717) is 17.5 Å². The first-order valence-electron chi connectivity index (χ1n) is 4.72. The van der Waals surface area contributed by atoms with Crippen LogP contribution in [-0.4, -0.2) is 0 Å². The van der Waals surface area contributed by atoms with Crippen LogP contribution < -0.4 is 0 Å². The zero-order valence-electron chi connectivity index (χ0n) is 8.58. The van der Waals surface area contributed by atoms with Crippen LogP contribution in [0.5, 0.6) is 0 Å². The molecule has 4 heteroatoms. The quantitative estimate of drug-likeness (QED) is 0.658. The summed E-state index contributed by atoms with van der Waals surface area (Å²) in [6.07, 6.45) is -3.23. The van der Waals surface area contributed by atoms with Crippen molar-refractivity contribution in [3.63, 3.8) is 0 Å². The third kappa shape index (κ3) is 2.70. The fraction of sp³-hybridized carbons (Fsp3) is 0.455. The lowest BCUT2D eigenvalue weighted by molar-refractivity contribution is -0.140. The average Bonchev–Trinajstić information content (AvgIpc) is 2.09. The van der Waals surface area contributed by atoms with Gasteiger partial charge < -0.3 is 0 Å². The fourth-order valence-electron chi connectivity index (χ4n) is 1.48. The second kappa shape index (κ2) is 4.21. The second-order valence-corrected chi connectivity index (χ2v) is 3.51. The lowest BCUT2D eigenvalue weighted by Gasteiger charge is -2.11. The van der Waals surface area contributed by atoms with Crippen LogP contribution in [0.15, 0.2) is 12.1 Å². The number of hydrogen-bond donors (Lipinski definition) is 0. The Morgan fingerprint density at radius 3 is 2.27 bits per heavy atom. The van der Waals surface area contributed by atoms with E-state index in [1.165, 1.54) is 0 Å². The summed E-state index contributed by atoms with van der Waals surface area (Å²) in [6.45, 7) is 3.47. The Bertz CT molecular complexity index is 352. The van der Waals surface area contributed by atoms with E-state index < -0.39 is 17.6 Å². The van der Waals surface area contributed by atoms with E-state index in [1.54, 1.807) is 6.92 Å². The Kier molecular flexibility index (Phi) is 3.37. The van der Waals surface area contributed by atoms with E-state index in [4.69, 9.17) is 0 Å². The Morgan fingerprint density at radius 2 is 1.80 bits per heavy atom. The summed E-state index contributed by atoms with van der Waals surface area (Å²) in [4.78, 5) is 0. The molecule has 0 bridgehead atoms. The molecule has 0 fully saturated rings. The van der Waals surface area contributed by atoms with E-state index in [2.05, 4.69) is 0 Å². The first kappa shape index (κ1) is 12.0. The minimum atomic E-state index is -4.61. The summed E-state index contributed by atoms with van der Waals surface area (Å²) in [5, 5.41) is 0. The van der Waals surface area contributed by atoms with Crippen molar-refractivity contribution in [1.29, 1.82) is 0 Å². The molecule has 0 N–H and O–H groups in total. The van der Waals surface area contributed by atoms with Crippen LogP contribution in [0.3, 0.4) is 0 Å². The van der Waals surface area contributed by atoms with Gasteiger partial charge in [-0.25, -0.2) is 4.39 Å². The summed E-state index contributed by atoms with van der Waals surface area (Å²) in [6, 6.07) is 1.86. The maximum absolute atomic E-state index is 13.1. The third-order valence-electron chi connectivity index (χ3n) is 2.25. The molecule has 0 aromatic heterocycles. The van der Waals surface area contributed by atoms with Crippen LogP contribution in [0.4, 0.5) is 17.6 Å². The lowest BCUT2D eigenvalue weighted by Crippen LogP contribution is -2.09. The van der Waals surface area contributed by atoms with Crippen LogP contribution in [0.2, 0.25) is 0 Å². The molecule has 0 aliphatic heterocycles. The van der Waals surface area contributed by atoms with Crippen molar-refractivity contribution in [3.05, 3.63) is 34.6 Å². The molecule has 0 aliphatic rings. The molecule has 0 unspecified atom stereocenters. The highest BCUT2D eigenvalue weighted by molar-refractivity contribution is 5.33. The Balaban J connectivity index is 3.20. The largest absolute Gasteiger partial charge is 0.419 e. The van der Waals surface area contributed by atoms with Crippen molar-refractivity contribution in [2.75, 3.05) is 0 Å². The predicted molar refractivity (Wildman–Crippen MR) is 50.1 cm³/mol. The smallest absolute Gasteiger partial charge is 0.206 e. The summed E-state index contributed by atoms with van der Waals surface area (Å²) >= 11 is 0. The Labute approximate surface area is 85.9 Å². The minimum absolute atomic E-state index is 0.491. The zero-order chi connectivity index (χ0) is 11.6. The number of alkyl halides is 3. The molecule has 0 saturated heterocycles. The van der Waals surface area contributed by atoms with Crippen molar-refractivity contribution in [2.24, 2.45) is 0 Å². The number of rotatable bonds is 2. The van der Waals surface area contributed by atoms with Crippen LogP contribution in [-0.2, 0) is 12.6 Å². The van der Waals surface area contributed by atoms with Crippen molar-refractivity contribution in [3.8, 4) is 0 Å². The summed E-state index contributed by atoms with van der Waals surface area (Å²) < 4.78 is 50.0. The highest BCUT2D eigenvalue weighted by Gasteiger charge is 2.34. The molecule has 0 atom stereocenters. The van der Waals surface area contributed by atoms with Gasteiger partial charge in [-0.15, -0.1) is 0 Å². The van der Waals surface area contributed by atoms with Crippen LogP contribution in [0.25, 0.3) is 0 Å². The van der Waals surface area contributed by atoms with Gasteiger partial charge in [-0.2, -0.15) is 13.2 Å². The molecule has 0 heterocycles. The normalized spacial score (nSPS) is 11.9. The SMILES string of the molecule is CCCc1cc(F)c(C(F)(F)F)cc1C. The summed E-state index contributed by atoms with van der Waals surface area (Å²) in [5.41, 5.74) is -0.0478. The van der Waals surface area contributed by atoms with Crippen molar-refractivity contribution >= 4 is 0 Å². The lowest BCUT2D eigenvalue weighted by atomic mass is 10.0. The molecular weight excluding hydrogens is 208 g/mol. The van der Waals surface area contributed by atoms with Gasteiger partial charge in [0.2, 0.25) is 0 Å². The van der Waals surface area contributed by atoms with Gasteiger partial charge in [0.25, 0.3) is 0 Å².